The highest BCUT2D eigenvalue weighted by molar-refractivity contribution is 7.89. The predicted octanol–water partition coefficient (Wildman–Crippen LogP) is 1.53. The van der Waals surface area contributed by atoms with Crippen LogP contribution in [-0.4, -0.2) is 39.9 Å². The molecule has 1 aromatic carbocycles. The van der Waals surface area contributed by atoms with Gasteiger partial charge in [-0.15, -0.1) is 0 Å². The SMILES string of the molecule is CC[C@@H](C)Oc1ccccc1NC(=O)NCCS(=O)(=O)NC. The second-order valence-electron chi connectivity index (χ2n) is 4.74. The number of benzene rings is 1. The molecule has 0 radical (unpaired) electrons. The van der Waals surface area contributed by atoms with Crippen molar-refractivity contribution in [2.45, 2.75) is 26.4 Å². The summed E-state index contributed by atoms with van der Waals surface area (Å²) in [5.41, 5.74) is 0.539. The Morgan fingerprint density at radius 2 is 2.00 bits per heavy atom. The van der Waals surface area contributed by atoms with Crippen LogP contribution in [0.4, 0.5) is 10.5 Å². The van der Waals surface area contributed by atoms with Crippen molar-refractivity contribution in [3.63, 3.8) is 0 Å². The van der Waals surface area contributed by atoms with E-state index >= 15 is 0 Å². The Morgan fingerprint density at radius 3 is 2.64 bits per heavy atom. The predicted molar refractivity (Wildman–Crippen MR) is 86.7 cm³/mol. The minimum atomic E-state index is -3.33. The van der Waals surface area contributed by atoms with E-state index in [0.29, 0.717) is 11.4 Å². The van der Waals surface area contributed by atoms with Crippen LogP contribution < -0.4 is 20.1 Å². The first kappa shape index (κ1) is 18.2. The molecule has 0 unspecified atom stereocenters. The van der Waals surface area contributed by atoms with E-state index in [1.54, 1.807) is 18.2 Å². The number of rotatable bonds is 8. The summed E-state index contributed by atoms with van der Waals surface area (Å²) >= 11 is 0. The van der Waals surface area contributed by atoms with E-state index in [9.17, 15) is 13.2 Å². The van der Waals surface area contributed by atoms with Crippen molar-refractivity contribution in [1.82, 2.24) is 10.0 Å². The lowest BCUT2D eigenvalue weighted by atomic mass is 10.2. The molecule has 0 heterocycles. The molecule has 0 saturated carbocycles. The number of ether oxygens (including phenoxy) is 1. The fourth-order valence-electron chi connectivity index (χ4n) is 1.54. The van der Waals surface area contributed by atoms with Crippen LogP contribution >= 0.6 is 0 Å². The van der Waals surface area contributed by atoms with Crippen LogP contribution in [0, 0.1) is 0 Å². The topological polar surface area (TPSA) is 96.5 Å². The van der Waals surface area contributed by atoms with E-state index in [-0.39, 0.29) is 18.4 Å². The number of carbonyl (C=O) groups excluding carboxylic acids is 1. The van der Waals surface area contributed by atoms with E-state index in [0.717, 1.165) is 6.42 Å². The number of carbonyl (C=O) groups is 1. The Balaban J connectivity index is 2.57. The van der Waals surface area contributed by atoms with Gasteiger partial charge in [0, 0.05) is 6.54 Å². The zero-order valence-corrected chi connectivity index (χ0v) is 13.9. The van der Waals surface area contributed by atoms with E-state index < -0.39 is 16.1 Å². The molecule has 1 rings (SSSR count). The van der Waals surface area contributed by atoms with Gasteiger partial charge in [0.1, 0.15) is 5.75 Å². The molecule has 124 valence electrons. The third-order valence-corrected chi connectivity index (χ3v) is 4.37. The number of hydrogen-bond acceptors (Lipinski definition) is 4. The summed E-state index contributed by atoms with van der Waals surface area (Å²) in [6.07, 6.45) is 0.884. The van der Waals surface area contributed by atoms with Crippen LogP contribution in [0.3, 0.4) is 0 Å². The quantitative estimate of drug-likeness (QED) is 0.674. The number of nitrogens with one attached hydrogen (secondary N) is 3. The van der Waals surface area contributed by atoms with E-state index in [1.807, 2.05) is 19.9 Å². The summed E-state index contributed by atoms with van der Waals surface area (Å²) in [6, 6.07) is 6.62. The molecule has 0 aliphatic heterocycles. The minimum absolute atomic E-state index is 0.0173. The molecule has 0 aromatic heterocycles. The summed E-state index contributed by atoms with van der Waals surface area (Å²) in [6.45, 7) is 3.97. The largest absolute Gasteiger partial charge is 0.489 e. The fraction of sp³-hybridized carbons (Fsp3) is 0.500. The standard InChI is InChI=1S/C14H23N3O4S/c1-4-11(2)21-13-8-6-5-7-12(13)17-14(18)16-9-10-22(19,20)15-3/h5-8,11,15H,4,9-10H2,1-3H3,(H2,16,17,18)/t11-/m1/s1. The molecule has 1 atom stereocenters. The van der Waals surface area contributed by atoms with Gasteiger partial charge in [-0.1, -0.05) is 19.1 Å². The van der Waals surface area contributed by atoms with Gasteiger partial charge in [-0.3, -0.25) is 0 Å². The molecule has 7 nitrogen and oxygen atoms in total. The highest BCUT2D eigenvalue weighted by Crippen LogP contribution is 2.25. The second-order valence-corrected chi connectivity index (χ2v) is 6.78. The van der Waals surface area contributed by atoms with E-state index in [2.05, 4.69) is 15.4 Å². The van der Waals surface area contributed by atoms with Crippen LogP contribution in [0.2, 0.25) is 0 Å². The Bertz CT molecular complexity index is 590. The number of sulfonamides is 1. The fourth-order valence-corrected chi connectivity index (χ4v) is 2.12. The van der Waals surface area contributed by atoms with Crippen LogP contribution in [0.15, 0.2) is 24.3 Å². The number of hydrogen-bond donors (Lipinski definition) is 3. The monoisotopic (exact) mass is 329 g/mol. The van der Waals surface area contributed by atoms with Crippen LogP contribution in [0.25, 0.3) is 0 Å². The molecule has 0 fully saturated rings. The van der Waals surface area contributed by atoms with Gasteiger partial charge < -0.3 is 15.4 Å². The molecular formula is C14H23N3O4S. The van der Waals surface area contributed by atoms with Crippen molar-refractivity contribution in [3.05, 3.63) is 24.3 Å². The number of anilines is 1. The number of amides is 2. The minimum Gasteiger partial charge on any atom is -0.489 e. The summed E-state index contributed by atoms with van der Waals surface area (Å²) in [7, 11) is -2.00. The van der Waals surface area contributed by atoms with Gasteiger partial charge in [0.2, 0.25) is 10.0 Å². The normalized spacial score (nSPS) is 12.5. The van der Waals surface area contributed by atoms with Crippen molar-refractivity contribution in [2.75, 3.05) is 24.7 Å². The molecule has 8 heteroatoms. The first-order valence-corrected chi connectivity index (χ1v) is 8.75. The summed E-state index contributed by atoms with van der Waals surface area (Å²) in [5.74, 6) is 0.400. The zero-order valence-electron chi connectivity index (χ0n) is 13.0. The van der Waals surface area contributed by atoms with Crippen molar-refractivity contribution in [3.8, 4) is 5.75 Å². The van der Waals surface area contributed by atoms with Crippen molar-refractivity contribution in [2.24, 2.45) is 0 Å². The van der Waals surface area contributed by atoms with Crippen molar-refractivity contribution >= 4 is 21.7 Å². The third-order valence-electron chi connectivity index (χ3n) is 3.01. The van der Waals surface area contributed by atoms with Gasteiger partial charge in [-0.05, 0) is 32.5 Å². The molecule has 0 spiro atoms. The smallest absolute Gasteiger partial charge is 0.319 e. The van der Waals surface area contributed by atoms with Gasteiger partial charge in [-0.25, -0.2) is 17.9 Å². The Hall–Kier alpha value is -1.80. The highest BCUT2D eigenvalue weighted by Gasteiger charge is 2.11. The van der Waals surface area contributed by atoms with Crippen molar-refractivity contribution < 1.29 is 17.9 Å². The van der Waals surface area contributed by atoms with Gasteiger partial charge >= 0.3 is 6.03 Å². The summed E-state index contributed by atoms with van der Waals surface area (Å²) in [5, 5.41) is 5.15. The number of urea groups is 1. The highest BCUT2D eigenvalue weighted by atomic mass is 32.2. The molecule has 0 saturated heterocycles. The third kappa shape index (κ3) is 6.31. The Labute approximate surface area is 131 Å². The van der Waals surface area contributed by atoms with Gasteiger partial charge in [0.15, 0.2) is 0 Å². The molecule has 3 N–H and O–H groups in total. The first-order chi connectivity index (χ1) is 10.4. The molecule has 22 heavy (non-hydrogen) atoms. The molecule has 0 aliphatic rings. The van der Waals surface area contributed by atoms with Gasteiger partial charge in [0.05, 0.1) is 17.5 Å². The zero-order chi connectivity index (χ0) is 16.6. The van der Waals surface area contributed by atoms with Crippen molar-refractivity contribution in [1.29, 1.82) is 0 Å². The Morgan fingerprint density at radius 1 is 1.32 bits per heavy atom. The van der Waals surface area contributed by atoms with Crippen LogP contribution in [-0.2, 0) is 10.0 Å². The lowest BCUT2D eigenvalue weighted by Gasteiger charge is -2.16. The van der Waals surface area contributed by atoms with Gasteiger partial charge in [-0.2, -0.15) is 0 Å². The first-order valence-electron chi connectivity index (χ1n) is 7.09. The summed E-state index contributed by atoms with van der Waals surface area (Å²) < 4.78 is 30.4. The average molecular weight is 329 g/mol. The molecule has 0 bridgehead atoms. The van der Waals surface area contributed by atoms with E-state index in [1.165, 1.54) is 7.05 Å². The van der Waals surface area contributed by atoms with Crippen LogP contribution in [0.1, 0.15) is 20.3 Å². The summed E-state index contributed by atoms with van der Waals surface area (Å²) in [4.78, 5) is 11.8. The Kier molecular flexibility index (Phi) is 7.13. The lowest BCUT2D eigenvalue weighted by molar-refractivity contribution is 0.218. The number of para-hydroxylation sites is 2. The van der Waals surface area contributed by atoms with Gasteiger partial charge in [0.25, 0.3) is 0 Å². The average Bonchev–Trinajstić information content (AvgIpc) is 2.49. The molecule has 0 aliphatic carbocycles. The molecular weight excluding hydrogens is 306 g/mol. The maximum atomic E-state index is 11.8. The maximum Gasteiger partial charge on any atom is 0.319 e. The maximum absolute atomic E-state index is 11.8. The van der Waals surface area contributed by atoms with E-state index in [4.69, 9.17) is 4.74 Å². The molecule has 1 aromatic rings. The lowest BCUT2D eigenvalue weighted by Crippen LogP contribution is -2.35. The molecule has 2 amide bonds. The second kappa shape index (κ2) is 8.60. The van der Waals surface area contributed by atoms with Crippen LogP contribution in [0.5, 0.6) is 5.75 Å².